The molecule has 108 valence electrons. The second kappa shape index (κ2) is 7.88. The molecule has 6 nitrogen and oxygen atoms in total. The Morgan fingerprint density at radius 3 is 2.45 bits per heavy atom. The first-order valence-electron chi connectivity index (χ1n) is 6.03. The maximum atomic E-state index is 12.6. The molecule has 0 aliphatic rings. The number of urea groups is 1. The highest BCUT2D eigenvalue weighted by atomic mass is 19.1. The van der Waals surface area contributed by atoms with Crippen LogP contribution in [0, 0.1) is 5.82 Å². The summed E-state index contributed by atoms with van der Waals surface area (Å²) in [5, 5.41) is 4.44. The van der Waals surface area contributed by atoms with Gasteiger partial charge in [0.1, 0.15) is 5.82 Å². The normalized spacial score (nSPS) is 9.70. The number of amides is 3. The third kappa shape index (κ3) is 5.47. The van der Waals surface area contributed by atoms with Gasteiger partial charge in [-0.1, -0.05) is 6.92 Å². The molecule has 0 atom stereocenters. The molecule has 0 radical (unpaired) electrons. The Bertz CT molecular complexity index is 488. The maximum absolute atomic E-state index is 12.6. The van der Waals surface area contributed by atoms with Crippen molar-refractivity contribution >= 4 is 17.9 Å². The van der Waals surface area contributed by atoms with Crippen LogP contribution in [0.2, 0.25) is 0 Å². The van der Waals surface area contributed by atoms with Gasteiger partial charge in [-0.25, -0.2) is 14.0 Å². The number of imide groups is 1. The highest BCUT2D eigenvalue weighted by Gasteiger charge is 2.12. The summed E-state index contributed by atoms with van der Waals surface area (Å²) < 4.78 is 17.3. The second-order valence-electron chi connectivity index (χ2n) is 3.89. The minimum atomic E-state index is -0.769. The minimum Gasteiger partial charge on any atom is -0.452 e. The van der Waals surface area contributed by atoms with E-state index in [0.29, 0.717) is 6.54 Å². The van der Waals surface area contributed by atoms with Gasteiger partial charge < -0.3 is 10.1 Å². The molecule has 0 saturated heterocycles. The predicted molar refractivity (Wildman–Crippen MR) is 68.5 cm³/mol. The molecule has 1 aromatic rings. The van der Waals surface area contributed by atoms with Crippen LogP contribution < -0.4 is 10.6 Å². The van der Waals surface area contributed by atoms with Crippen LogP contribution >= 0.6 is 0 Å². The number of hydrogen-bond acceptors (Lipinski definition) is 4. The number of carbonyl (C=O) groups excluding carboxylic acids is 3. The zero-order chi connectivity index (χ0) is 15.0. The summed E-state index contributed by atoms with van der Waals surface area (Å²) in [6.07, 6.45) is 0.737. The van der Waals surface area contributed by atoms with Crippen LogP contribution in [0.4, 0.5) is 9.18 Å². The van der Waals surface area contributed by atoms with Crippen LogP contribution in [0.25, 0.3) is 0 Å². The van der Waals surface area contributed by atoms with Gasteiger partial charge in [-0.15, -0.1) is 0 Å². The van der Waals surface area contributed by atoms with Crippen LogP contribution in [0.5, 0.6) is 0 Å². The van der Waals surface area contributed by atoms with Crippen molar-refractivity contribution in [1.29, 1.82) is 0 Å². The Kier molecular flexibility index (Phi) is 6.15. The van der Waals surface area contributed by atoms with Gasteiger partial charge in [-0.05, 0) is 30.7 Å². The summed E-state index contributed by atoms with van der Waals surface area (Å²) in [7, 11) is 0. The highest BCUT2D eigenvalue weighted by molar-refractivity contribution is 5.96. The van der Waals surface area contributed by atoms with Gasteiger partial charge in [0.2, 0.25) is 0 Å². The van der Waals surface area contributed by atoms with E-state index in [1.54, 1.807) is 0 Å². The van der Waals surface area contributed by atoms with Crippen LogP contribution in [-0.4, -0.2) is 31.1 Å². The van der Waals surface area contributed by atoms with Gasteiger partial charge in [0.15, 0.2) is 6.61 Å². The quantitative estimate of drug-likeness (QED) is 0.795. The zero-order valence-electron chi connectivity index (χ0n) is 10.9. The SMILES string of the molecule is CCCNC(=O)NC(=O)COC(=O)c1ccc(F)cc1. The monoisotopic (exact) mass is 282 g/mol. The largest absolute Gasteiger partial charge is 0.452 e. The molecule has 1 aromatic carbocycles. The van der Waals surface area contributed by atoms with Gasteiger partial charge in [-0.2, -0.15) is 0 Å². The van der Waals surface area contributed by atoms with Gasteiger partial charge in [0, 0.05) is 6.54 Å². The van der Waals surface area contributed by atoms with E-state index in [2.05, 4.69) is 10.1 Å². The molecule has 0 unspecified atom stereocenters. The zero-order valence-corrected chi connectivity index (χ0v) is 10.9. The van der Waals surface area contributed by atoms with E-state index >= 15 is 0 Å². The van der Waals surface area contributed by atoms with E-state index in [9.17, 15) is 18.8 Å². The van der Waals surface area contributed by atoms with Crippen molar-refractivity contribution in [3.05, 3.63) is 35.6 Å². The average molecular weight is 282 g/mol. The van der Waals surface area contributed by atoms with E-state index in [1.165, 1.54) is 12.1 Å². The molecule has 0 spiro atoms. The summed E-state index contributed by atoms with van der Waals surface area (Å²) in [6, 6.07) is 4.05. The topological polar surface area (TPSA) is 84.5 Å². The molecule has 0 saturated carbocycles. The predicted octanol–water partition coefficient (Wildman–Crippen LogP) is 1.22. The first kappa shape index (κ1) is 15.6. The van der Waals surface area contributed by atoms with Crippen molar-refractivity contribution in [2.75, 3.05) is 13.2 Å². The Labute approximate surface area is 115 Å². The van der Waals surface area contributed by atoms with E-state index < -0.39 is 30.3 Å². The van der Waals surface area contributed by atoms with E-state index in [-0.39, 0.29) is 5.56 Å². The van der Waals surface area contributed by atoms with Gasteiger partial charge >= 0.3 is 12.0 Å². The molecule has 7 heteroatoms. The Morgan fingerprint density at radius 1 is 1.20 bits per heavy atom. The fraction of sp³-hybridized carbons (Fsp3) is 0.308. The minimum absolute atomic E-state index is 0.120. The van der Waals surface area contributed by atoms with Crippen molar-refractivity contribution in [1.82, 2.24) is 10.6 Å². The molecule has 0 aliphatic heterocycles. The average Bonchev–Trinajstić information content (AvgIpc) is 2.43. The number of hydrogen-bond donors (Lipinski definition) is 2. The summed E-state index contributed by atoms with van der Waals surface area (Å²) >= 11 is 0. The number of benzene rings is 1. The van der Waals surface area contributed by atoms with Crippen LogP contribution in [0.1, 0.15) is 23.7 Å². The second-order valence-corrected chi connectivity index (χ2v) is 3.89. The number of nitrogens with one attached hydrogen (secondary N) is 2. The van der Waals surface area contributed by atoms with Crippen molar-refractivity contribution in [2.24, 2.45) is 0 Å². The first-order chi connectivity index (χ1) is 9.52. The van der Waals surface area contributed by atoms with Gasteiger partial charge in [0.05, 0.1) is 5.56 Å². The molecule has 3 amide bonds. The molecule has 2 N–H and O–H groups in total. The van der Waals surface area contributed by atoms with E-state index in [1.807, 2.05) is 12.2 Å². The molecule has 0 bridgehead atoms. The van der Waals surface area contributed by atoms with E-state index in [0.717, 1.165) is 18.6 Å². The molecule has 20 heavy (non-hydrogen) atoms. The lowest BCUT2D eigenvalue weighted by atomic mass is 10.2. The van der Waals surface area contributed by atoms with Crippen LogP contribution in [-0.2, 0) is 9.53 Å². The van der Waals surface area contributed by atoms with Gasteiger partial charge in [-0.3, -0.25) is 10.1 Å². The van der Waals surface area contributed by atoms with Crippen LogP contribution in [0.15, 0.2) is 24.3 Å². The Morgan fingerprint density at radius 2 is 1.85 bits per heavy atom. The smallest absolute Gasteiger partial charge is 0.338 e. The van der Waals surface area contributed by atoms with Crippen molar-refractivity contribution in [2.45, 2.75) is 13.3 Å². The molecule has 1 rings (SSSR count). The molecular weight excluding hydrogens is 267 g/mol. The number of esters is 1. The lowest BCUT2D eigenvalue weighted by molar-refractivity contribution is -0.123. The molecule has 0 aliphatic carbocycles. The Balaban J connectivity index is 2.35. The first-order valence-corrected chi connectivity index (χ1v) is 6.03. The number of ether oxygens (including phenoxy) is 1. The van der Waals surface area contributed by atoms with Crippen LogP contribution in [0.3, 0.4) is 0 Å². The summed E-state index contributed by atoms with van der Waals surface area (Å²) in [5.74, 6) is -1.99. The third-order valence-corrected chi connectivity index (χ3v) is 2.20. The molecular formula is C13H15FN2O4. The van der Waals surface area contributed by atoms with Crippen molar-refractivity contribution < 1.29 is 23.5 Å². The lowest BCUT2D eigenvalue weighted by Crippen LogP contribution is -2.41. The number of carbonyl (C=O) groups is 3. The highest BCUT2D eigenvalue weighted by Crippen LogP contribution is 2.04. The van der Waals surface area contributed by atoms with E-state index in [4.69, 9.17) is 0 Å². The van der Waals surface area contributed by atoms with Crippen molar-refractivity contribution in [3.63, 3.8) is 0 Å². The third-order valence-electron chi connectivity index (χ3n) is 2.20. The summed E-state index contributed by atoms with van der Waals surface area (Å²) in [4.78, 5) is 33.9. The Hall–Kier alpha value is -2.44. The lowest BCUT2D eigenvalue weighted by Gasteiger charge is -2.06. The fourth-order valence-electron chi connectivity index (χ4n) is 1.25. The van der Waals surface area contributed by atoms with Gasteiger partial charge in [0.25, 0.3) is 5.91 Å². The summed E-state index contributed by atoms with van der Waals surface area (Å²) in [5.41, 5.74) is 0.120. The fourth-order valence-corrected chi connectivity index (χ4v) is 1.25. The number of rotatable bonds is 5. The van der Waals surface area contributed by atoms with Crippen molar-refractivity contribution in [3.8, 4) is 0 Å². The number of halogens is 1. The molecule has 0 aromatic heterocycles. The summed E-state index contributed by atoms with van der Waals surface area (Å²) in [6.45, 7) is 1.72. The molecule has 0 heterocycles. The molecule has 0 fully saturated rings. The maximum Gasteiger partial charge on any atom is 0.338 e. The standard InChI is InChI=1S/C13H15FN2O4/c1-2-7-15-13(19)16-11(17)8-20-12(18)9-3-5-10(14)6-4-9/h3-6H,2,7-8H2,1H3,(H2,15,16,17,19).